The third-order valence-corrected chi connectivity index (χ3v) is 3.92. The average Bonchev–Trinajstić information content (AvgIpc) is 2.43. The highest BCUT2D eigenvalue weighted by molar-refractivity contribution is 6.07. The van der Waals surface area contributed by atoms with Gasteiger partial charge in [-0.2, -0.15) is 0 Å². The van der Waals surface area contributed by atoms with E-state index in [2.05, 4.69) is 11.8 Å². The van der Waals surface area contributed by atoms with Crippen molar-refractivity contribution >= 4 is 16.7 Å². The Bertz CT molecular complexity index is 648. The molecule has 0 aliphatic carbocycles. The Labute approximate surface area is 113 Å². The van der Waals surface area contributed by atoms with Gasteiger partial charge in [0.15, 0.2) is 5.78 Å². The summed E-state index contributed by atoms with van der Waals surface area (Å²) < 4.78 is 0. The molecule has 0 saturated carbocycles. The van der Waals surface area contributed by atoms with Gasteiger partial charge in [0, 0.05) is 36.2 Å². The van der Waals surface area contributed by atoms with Crippen LogP contribution in [0.15, 0.2) is 24.3 Å². The number of ketones is 1. The maximum Gasteiger partial charge on any atom is 0.160 e. The van der Waals surface area contributed by atoms with Crippen LogP contribution in [0.2, 0.25) is 0 Å². The molecule has 0 saturated heterocycles. The molecule has 2 heterocycles. The molecule has 98 valence electrons. The van der Waals surface area contributed by atoms with Crippen molar-refractivity contribution in [3.63, 3.8) is 0 Å². The van der Waals surface area contributed by atoms with Crippen LogP contribution in [0.3, 0.4) is 0 Å². The molecule has 0 radical (unpaired) electrons. The maximum atomic E-state index is 12.1. The molecule has 1 aliphatic rings. The molecule has 0 unspecified atom stereocenters. The van der Waals surface area contributed by atoms with Gasteiger partial charge in [-0.3, -0.25) is 14.7 Å². The number of likely N-dealkylation sites (N-methyl/N-ethyl adjacent to an activating group) is 1. The van der Waals surface area contributed by atoms with Gasteiger partial charge in [0.25, 0.3) is 0 Å². The van der Waals surface area contributed by atoms with E-state index in [1.54, 1.807) is 6.92 Å². The highest BCUT2D eigenvalue weighted by atomic mass is 16.1. The van der Waals surface area contributed by atoms with Gasteiger partial charge in [0.1, 0.15) is 0 Å². The van der Waals surface area contributed by atoms with E-state index in [4.69, 9.17) is 4.98 Å². The monoisotopic (exact) mass is 254 g/mol. The molecule has 3 heteroatoms. The second-order valence-electron chi connectivity index (χ2n) is 5.10. The molecule has 2 aromatic rings. The van der Waals surface area contributed by atoms with Crippen LogP contribution in [0.5, 0.6) is 0 Å². The van der Waals surface area contributed by atoms with Gasteiger partial charge >= 0.3 is 0 Å². The lowest BCUT2D eigenvalue weighted by Gasteiger charge is -2.28. The summed E-state index contributed by atoms with van der Waals surface area (Å²) in [6, 6.07) is 7.95. The van der Waals surface area contributed by atoms with Gasteiger partial charge in [-0.15, -0.1) is 0 Å². The van der Waals surface area contributed by atoms with Crippen molar-refractivity contribution in [2.45, 2.75) is 26.8 Å². The average molecular weight is 254 g/mol. The lowest BCUT2D eigenvalue weighted by Crippen LogP contribution is -2.32. The minimum Gasteiger partial charge on any atom is -0.299 e. The molecule has 0 spiro atoms. The first kappa shape index (κ1) is 12.3. The molecule has 0 fully saturated rings. The molecular weight excluding hydrogens is 236 g/mol. The van der Waals surface area contributed by atoms with E-state index in [0.29, 0.717) is 0 Å². The summed E-state index contributed by atoms with van der Waals surface area (Å²) in [6.45, 7) is 6.72. The first-order valence-corrected chi connectivity index (χ1v) is 6.84. The van der Waals surface area contributed by atoms with Crippen molar-refractivity contribution in [3.05, 3.63) is 41.1 Å². The first-order chi connectivity index (χ1) is 9.20. The second-order valence-corrected chi connectivity index (χ2v) is 5.10. The molecule has 0 N–H and O–H groups in total. The zero-order valence-corrected chi connectivity index (χ0v) is 11.4. The number of Topliss-reactive ketones (excluding diaryl/α,β-unsaturated/α-hetero) is 1. The summed E-state index contributed by atoms with van der Waals surface area (Å²) in [5, 5.41) is 0.992. The van der Waals surface area contributed by atoms with E-state index in [1.807, 2.05) is 24.3 Å². The largest absolute Gasteiger partial charge is 0.299 e. The lowest BCUT2D eigenvalue weighted by molar-refractivity contribution is 0.101. The Morgan fingerprint density at radius 1 is 1.37 bits per heavy atom. The quantitative estimate of drug-likeness (QED) is 0.773. The third kappa shape index (κ3) is 2.04. The number of benzene rings is 1. The molecule has 1 aliphatic heterocycles. The smallest absolute Gasteiger partial charge is 0.160 e. The molecule has 3 nitrogen and oxygen atoms in total. The van der Waals surface area contributed by atoms with Crippen molar-refractivity contribution in [2.24, 2.45) is 0 Å². The van der Waals surface area contributed by atoms with Crippen LogP contribution < -0.4 is 0 Å². The fourth-order valence-corrected chi connectivity index (χ4v) is 2.92. The summed E-state index contributed by atoms with van der Waals surface area (Å²) in [5.41, 5.74) is 4.06. The van der Waals surface area contributed by atoms with Gasteiger partial charge in [0.05, 0.1) is 5.52 Å². The Morgan fingerprint density at radius 3 is 2.89 bits per heavy atom. The van der Waals surface area contributed by atoms with Crippen LogP contribution in [-0.4, -0.2) is 28.8 Å². The van der Waals surface area contributed by atoms with Crippen LogP contribution in [0, 0.1) is 0 Å². The molecule has 0 bridgehead atoms. The minimum atomic E-state index is 0.146. The fraction of sp³-hybridized carbons (Fsp3) is 0.375. The Kier molecular flexibility index (Phi) is 3.07. The SMILES string of the molecule is CCN1CCc2nc3ccccc3c(C(C)=O)c2C1. The van der Waals surface area contributed by atoms with Crippen LogP contribution in [0.1, 0.15) is 35.5 Å². The molecule has 3 rings (SSSR count). The molecule has 0 atom stereocenters. The summed E-state index contributed by atoms with van der Waals surface area (Å²) in [5.74, 6) is 0.146. The fourth-order valence-electron chi connectivity index (χ4n) is 2.92. The molecule has 1 aromatic heterocycles. The second kappa shape index (κ2) is 4.74. The zero-order valence-electron chi connectivity index (χ0n) is 11.4. The number of fused-ring (bicyclic) bond motifs is 2. The van der Waals surface area contributed by atoms with Gasteiger partial charge < -0.3 is 0 Å². The maximum absolute atomic E-state index is 12.1. The number of nitrogens with zero attached hydrogens (tertiary/aromatic N) is 2. The van der Waals surface area contributed by atoms with Crippen LogP contribution in [-0.2, 0) is 13.0 Å². The molecular formula is C16H18N2O. The molecule has 1 aromatic carbocycles. The van der Waals surface area contributed by atoms with Crippen molar-refractivity contribution in [3.8, 4) is 0 Å². The minimum absolute atomic E-state index is 0.146. The van der Waals surface area contributed by atoms with Crippen LogP contribution in [0.25, 0.3) is 10.9 Å². The number of para-hydroxylation sites is 1. The number of rotatable bonds is 2. The van der Waals surface area contributed by atoms with E-state index < -0.39 is 0 Å². The third-order valence-electron chi connectivity index (χ3n) is 3.92. The van der Waals surface area contributed by atoms with Crippen molar-refractivity contribution in [1.82, 2.24) is 9.88 Å². The number of carbonyl (C=O) groups excluding carboxylic acids is 1. The topological polar surface area (TPSA) is 33.2 Å². The van der Waals surface area contributed by atoms with Crippen LogP contribution in [0.4, 0.5) is 0 Å². The molecule has 0 amide bonds. The molecule has 19 heavy (non-hydrogen) atoms. The van der Waals surface area contributed by atoms with E-state index >= 15 is 0 Å². The predicted molar refractivity (Wildman–Crippen MR) is 76.4 cm³/mol. The number of hydrogen-bond acceptors (Lipinski definition) is 3. The van der Waals surface area contributed by atoms with Crippen molar-refractivity contribution in [1.29, 1.82) is 0 Å². The van der Waals surface area contributed by atoms with Gasteiger partial charge in [-0.25, -0.2) is 0 Å². The van der Waals surface area contributed by atoms with E-state index in [0.717, 1.165) is 53.8 Å². The lowest BCUT2D eigenvalue weighted by atomic mass is 9.94. The standard InChI is InChI=1S/C16H18N2O/c1-3-18-9-8-15-13(10-18)16(11(2)19)12-6-4-5-7-14(12)17-15/h4-7H,3,8-10H2,1-2H3. The first-order valence-electron chi connectivity index (χ1n) is 6.84. The van der Waals surface area contributed by atoms with Crippen molar-refractivity contribution < 1.29 is 4.79 Å². The summed E-state index contributed by atoms with van der Waals surface area (Å²) in [4.78, 5) is 19.2. The summed E-state index contributed by atoms with van der Waals surface area (Å²) in [7, 11) is 0. The number of pyridine rings is 1. The number of aromatic nitrogens is 1. The summed E-state index contributed by atoms with van der Waals surface area (Å²) in [6.07, 6.45) is 0.939. The van der Waals surface area contributed by atoms with E-state index in [-0.39, 0.29) is 5.78 Å². The predicted octanol–water partition coefficient (Wildman–Crippen LogP) is 2.82. The van der Waals surface area contributed by atoms with Crippen molar-refractivity contribution in [2.75, 3.05) is 13.1 Å². The highest BCUT2D eigenvalue weighted by Gasteiger charge is 2.23. The van der Waals surface area contributed by atoms with Gasteiger partial charge in [-0.1, -0.05) is 25.1 Å². The number of hydrogen-bond donors (Lipinski definition) is 0. The highest BCUT2D eigenvalue weighted by Crippen LogP contribution is 2.28. The van der Waals surface area contributed by atoms with E-state index in [1.165, 1.54) is 0 Å². The summed E-state index contributed by atoms with van der Waals surface area (Å²) >= 11 is 0. The Balaban J connectivity index is 2.28. The zero-order chi connectivity index (χ0) is 13.4. The van der Waals surface area contributed by atoms with Crippen LogP contribution >= 0.6 is 0 Å². The number of carbonyl (C=O) groups is 1. The van der Waals surface area contributed by atoms with Gasteiger partial charge in [-0.05, 0) is 25.1 Å². The van der Waals surface area contributed by atoms with Gasteiger partial charge in [0.2, 0.25) is 0 Å². The van der Waals surface area contributed by atoms with E-state index in [9.17, 15) is 4.79 Å². The Hall–Kier alpha value is -1.74. The normalized spacial score (nSPS) is 15.5. The Morgan fingerprint density at radius 2 is 2.16 bits per heavy atom.